The maximum atomic E-state index is 15.8. The molecule has 3 aromatic carbocycles. The first kappa shape index (κ1) is 37.5. The maximum absolute atomic E-state index is 15.8. The number of hydrogen-bond acceptors (Lipinski definition) is 9. The summed E-state index contributed by atoms with van der Waals surface area (Å²) in [6, 6.07) is 15.5. The molecule has 284 valence electrons. The molecule has 0 bridgehead atoms. The Morgan fingerprint density at radius 2 is 1.87 bits per heavy atom. The van der Waals surface area contributed by atoms with E-state index in [1.54, 1.807) is 72.6 Å². The number of esters is 1. The molecule has 4 heterocycles. The minimum absolute atomic E-state index is 0.0452. The fourth-order valence-corrected chi connectivity index (χ4v) is 7.18. The van der Waals surface area contributed by atoms with E-state index in [1.807, 2.05) is 0 Å². The number of ketones is 1. The van der Waals surface area contributed by atoms with E-state index in [4.69, 9.17) is 25.8 Å². The zero-order valence-electron chi connectivity index (χ0n) is 29.9. The molecule has 2 amide bonds. The Kier molecular flexibility index (Phi) is 10.8. The lowest BCUT2D eigenvalue weighted by Gasteiger charge is -2.23. The van der Waals surface area contributed by atoms with Crippen LogP contribution in [0.4, 0.5) is 25.8 Å². The van der Waals surface area contributed by atoms with E-state index in [9.17, 15) is 23.6 Å². The molecule has 2 N–H and O–H groups in total. The second kappa shape index (κ2) is 15.9. The van der Waals surface area contributed by atoms with Gasteiger partial charge in [0.1, 0.15) is 37.8 Å². The number of anilines is 3. The number of nitrogens with one attached hydrogen (secondary N) is 2. The van der Waals surface area contributed by atoms with E-state index in [2.05, 4.69) is 15.6 Å². The van der Waals surface area contributed by atoms with Gasteiger partial charge in [-0.1, -0.05) is 41.9 Å². The van der Waals surface area contributed by atoms with Crippen molar-refractivity contribution in [3.8, 4) is 17.0 Å². The molecular weight excluding hydrogens is 736 g/mol. The molecule has 55 heavy (non-hydrogen) atoms. The monoisotopic (exact) mass is 771 g/mol. The number of benzene rings is 3. The lowest BCUT2D eigenvalue weighted by Crippen LogP contribution is -2.43. The number of carbonyl (C=O) groups is 4. The molecule has 0 aliphatic carbocycles. The number of nitrogens with zero attached hydrogens (tertiary/aromatic N) is 3. The summed E-state index contributed by atoms with van der Waals surface area (Å²) >= 11 is 6.55. The van der Waals surface area contributed by atoms with E-state index in [-0.39, 0.29) is 53.8 Å². The third-order valence-corrected chi connectivity index (χ3v) is 9.95. The second-order valence-corrected chi connectivity index (χ2v) is 13.7. The van der Waals surface area contributed by atoms with Crippen molar-refractivity contribution < 1.29 is 42.2 Å². The maximum Gasteiger partial charge on any atom is 0.329 e. The number of ether oxygens (including phenoxy) is 3. The molecule has 12 nitrogen and oxygen atoms in total. The van der Waals surface area contributed by atoms with Crippen molar-refractivity contribution in [2.45, 2.75) is 45.1 Å². The van der Waals surface area contributed by atoms with Gasteiger partial charge in [0.25, 0.3) is 0 Å². The average molecular weight is 772 g/mol. The van der Waals surface area contributed by atoms with Crippen molar-refractivity contribution in [2.24, 2.45) is 0 Å². The van der Waals surface area contributed by atoms with Crippen LogP contribution in [-0.4, -0.2) is 77.1 Å². The predicted octanol–water partition coefficient (Wildman–Crippen LogP) is 6.64. The molecule has 7 rings (SSSR count). The highest BCUT2D eigenvalue weighted by Gasteiger charge is 2.41. The lowest BCUT2D eigenvalue weighted by molar-refractivity contribution is -0.154. The van der Waals surface area contributed by atoms with Crippen molar-refractivity contribution in [1.29, 1.82) is 0 Å². The van der Waals surface area contributed by atoms with Crippen molar-refractivity contribution in [3.05, 3.63) is 101 Å². The highest BCUT2D eigenvalue weighted by molar-refractivity contribution is 6.37. The van der Waals surface area contributed by atoms with Gasteiger partial charge in [-0.3, -0.25) is 14.4 Å². The van der Waals surface area contributed by atoms with Crippen LogP contribution in [0.15, 0.2) is 73.1 Å². The van der Waals surface area contributed by atoms with Crippen LogP contribution in [0.1, 0.15) is 34.8 Å². The molecule has 1 fully saturated rings. The lowest BCUT2D eigenvalue weighted by atomic mass is 9.99. The number of rotatable bonds is 13. The Bertz CT molecular complexity index is 2320. The highest BCUT2D eigenvalue weighted by atomic mass is 35.5. The van der Waals surface area contributed by atoms with E-state index in [0.717, 1.165) is 4.90 Å². The summed E-state index contributed by atoms with van der Waals surface area (Å²) in [6.07, 6.45) is 1.59. The predicted molar refractivity (Wildman–Crippen MR) is 201 cm³/mol. The molecule has 1 saturated heterocycles. The summed E-state index contributed by atoms with van der Waals surface area (Å²) in [6.45, 7) is 1.14. The molecule has 0 radical (unpaired) electrons. The van der Waals surface area contributed by atoms with E-state index in [0.29, 0.717) is 63.7 Å². The largest absolute Gasteiger partial charge is 0.475 e. The van der Waals surface area contributed by atoms with Gasteiger partial charge < -0.3 is 34.3 Å². The van der Waals surface area contributed by atoms with Crippen molar-refractivity contribution in [3.63, 3.8) is 0 Å². The zero-order chi connectivity index (χ0) is 38.8. The fourth-order valence-electron chi connectivity index (χ4n) is 6.85. The van der Waals surface area contributed by atoms with E-state index < -0.39 is 36.5 Å². The number of Topliss-reactive ketones (excluding diaryl/α,β-unsaturated/α-hetero) is 1. The molecule has 0 spiro atoms. The molecule has 2 atom stereocenters. The van der Waals surface area contributed by atoms with Crippen molar-refractivity contribution in [1.82, 2.24) is 14.5 Å². The summed E-state index contributed by atoms with van der Waals surface area (Å²) in [5.41, 5.74) is 3.99. The van der Waals surface area contributed by atoms with Crippen LogP contribution >= 0.6 is 11.6 Å². The first-order valence-corrected chi connectivity index (χ1v) is 17.9. The number of amides is 2. The molecular formula is C40H36ClF2N5O7. The van der Waals surface area contributed by atoms with Gasteiger partial charge in [-0.15, -0.1) is 0 Å². The smallest absolute Gasteiger partial charge is 0.329 e. The number of methoxy groups -OCH3 is 1. The van der Waals surface area contributed by atoms with Crippen LogP contribution in [0.3, 0.4) is 0 Å². The van der Waals surface area contributed by atoms with Crippen LogP contribution in [0.2, 0.25) is 5.02 Å². The van der Waals surface area contributed by atoms with Crippen LogP contribution < -0.4 is 15.4 Å². The van der Waals surface area contributed by atoms with Crippen LogP contribution in [0, 0.1) is 5.82 Å². The summed E-state index contributed by atoms with van der Waals surface area (Å²) < 4.78 is 48.2. The third kappa shape index (κ3) is 7.87. The summed E-state index contributed by atoms with van der Waals surface area (Å²) in [4.78, 5) is 57.0. The van der Waals surface area contributed by atoms with E-state index in [1.165, 1.54) is 19.1 Å². The van der Waals surface area contributed by atoms with Gasteiger partial charge in [0.15, 0.2) is 5.78 Å². The molecule has 0 unspecified atom stereocenters. The second-order valence-electron chi connectivity index (χ2n) is 13.3. The number of hydrogen-bond donors (Lipinski definition) is 2. The standard InChI is InChI=1S/C40H36ClF2N5O7/c1-22(49)31-19-47(32-10-7-26(16-30(31)32)45-27-8-11-35(44-17-27)54-13-12-53-2)20-36(51)48-18-25(42)15-33(48)40(52)55-21-24-4-3-5-29(38(24)43)28-9-6-23-14-34(50)46-39(23)37(28)41/h3-11,16-17,19,25,33,45H,12-15,18,20-21H2,1-2H3,(H,46,50)/t25-,33+/m1/s1. The normalized spacial score (nSPS) is 16.2. The Morgan fingerprint density at radius 3 is 2.64 bits per heavy atom. The Labute approximate surface area is 319 Å². The summed E-state index contributed by atoms with van der Waals surface area (Å²) in [5, 5.41) is 6.73. The van der Waals surface area contributed by atoms with Gasteiger partial charge in [-0.2, -0.15) is 0 Å². The van der Waals surface area contributed by atoms with Gasteiger partial charge in [-0.25, -0.2) is 18.6 Å². The number of carbonyl (C=O) groups excluding carboxylic acids is 4. The Balaban J connectivity index is 1.03. The molecule has 2 aliphatic rings. The topological polar surface area (TPSA) is 141 Å². The third-order valence-electron chi connectivity index (χ3n) is 9.55. The number of aromatic nitrogens is 2. The number of pyridine rings is 1. The number of likely N-dealkylation sites (tertiary alicyclic amines) is 1. The summed E-state index contributed by atoms with van der Waals surface area (Å²) in [5.74, 6) is -2.10. The SMILES string of the molecule is COCCOc1ccc(Nc2ccc3c(c2)c(C(C)=O)cn3CC(=O)N2C[C@H](F)C[C@H]2C(=O)OCc2cccc(-c3ccc4c(c3Cl)NC(=O)C4)c2F)cn1. The molecule has 2 aliphatic heterocycles. The first-order valence-electron chi connectivity index (χ1n) is 17.5. The van der Waals surface area contributed by atoms with Gasteiger partial charge in [-0.05, 0) is 36.8 Å². The Hall–Kier alpha value is -5.86. The van der Waals surface area contributed by atoms with Crippen LogP contribution in [-0.2, 0) is 43.4 Å². The number of fused-ring (bicyclic) bond motifs is 2. The van der Waals surface area contributed by atoms with Crippen molar-refractivity contribution in [2.75, 3.05) is 37.5 Å². The zero-order valence-corrected chi connectivity index (χ0v) is 30.6. The quantitative estimate of drug-likeness (QED) is 0.0766. The Morgan fingerprint density at radius 1 is 1.05 bits per heavy atom. The molecule has 2 aromatic heterocycles. The van der Waals surface area contributed by atoms with Gasteiger partial charge >= 0.3 is 5.97 Å². The number of halogens is 3. The average Bonchev–Trinajstić information content (AvgIpc) is 3.86. The van der Waals surface area contributed by atoms with Crippen LogP contribution in [0.5, 0.6) is 5.88 Å². The minimum atomic E-state index is -1.48. The van der Waals surface area contributed by atoms with Gasteiger partial charge in [0.2, 0.25) is 17.7 Å². The van der Waals surface area contributed by atoms with Crippen LogP contribution in [0.25, 0.3) is 22.0 Å². The fraction of sp³-hybridized carbons (Fsp3) is 0.275. The number of alkyl halides is 1. The van der Waals surface area contributed by atoms with E-state index >= 15 is 4.39 Å². The molecule has 15 heteroatoms. The van der Waals surface area contributed by atoms with Gasteiger partial charge in [0.05, 0.1) is 42.2 Å². The molecule has 5 aromatic rings. The summed E-state index contributed by atoms with van der Waals surface area (Å²) in [7, 11) is 1.58. The van der Waals surface area contributed by atoms with Crippen molar-refractivity contribution >= 4 is 63.1 Å². The minimum Gasteiger partial charge on any atom is -0.475 e. The highest BCUT2D eigenvalue weighted by Crippen LogP contribution is 2.40. The van der Waals surface area contributed by atoms with Gasteiger partial charge in [0, 0.05) is 64.6 Å². The first-order chi connectivity index (χ1) is 26.5. The molecule has 0 saturated carbocycles.